The fourth-order valence-corrected chi connectivity index (χ4v) is 1.74. The minimum atomic E-state index is -4.21. The number of halogens is 1. The summed E-state index contributed by atoms with van der Waals surface area (Å²) in [5, 5.41) is 5.12. The van der Waals surface area contributed by atoms with Crippen LogP contribution >= 0.6 is 11.6 Å². The lowest BCUT2D eigenvalue weighted by Gasteiger charge is -2.21. The number of hydrogen-bond donors (Lipinski definition) is 2. The summed E-state index contributed by atoms with van der Waals surface area (Å²) < 4.78 is 30.4. The predicted molar refractivity (Wildman–Crippen MR) is 64.3 cm³/mol. The predicted octanol–water partition coefficient (Wildman–Crippen LogP) is 1.11. The van der Waals surface area contributed by atoms with E-state index in [9.17, 15) is 8.42 Å². The summed E-state index contributed by atoms with van der Waals surface area (Å²) in [6, 6.07) is 5.14. The van der Waals surface area contributed by atoms with E-state index in [4.69, 9.17) is 21.0 Å². The second-order valence-corrected chi connectivity index (χ2v) is 5.03. The van der Waals surface area contributed by atoms with Crippen LogP contribution < -0.4 is 10.3 Å². The molecule has 1 aliphatic heterocycles. The Labute approximate surface area is 108 Å². The molecule has 9 heteroatoms. The molecule has 2 N–H and O–H groups in total. The first-order valence-electron chi connectivity index (χ1n) is 4.67. The molecule has 0 radical (unpaired) electrons. The van der Waals surface area contributed by atoms with Gasteiger partial charge >= 0.3 is 0 Å². The highest BCUT2D eigenvalue weighted by Gasteiger charge is 2.11. The van der Waals surface area contributed by atoms with Crippen molar-refractivity contribution in [1.29, 1.82) is 0 Å². The average molecular weight is 290 g/mol. The van der Waals surface area contributed by atoms with Gasteiger partial charge in [-0.15, -0.1) is 5.10 Å². The Kier molecular flexibility index (Phi) is 3.41. The number of rotatable bonds is 3. The SMILES string of the molecule is O=S(=O)(O)c1ccc(ON2N=CC=C(Cl)N2)cc1. The molecule has 0 aliphatic carbocycles. The van der Waals surface area contributed by atoms with Gasteiger partial charge in [-0.3, -0.25) is 4.55 Å². The van der Waals surface area contributed by atoms with E-state index in [0.29, 0.717) is 10.9 Å². The molecule has 2 rings (SSSR count). The summed E-state index contributed by atoms with van der Waals surface area (Å²) in [6.07, 6.45) is 2.95. The van der Waals surface area contributed by atoms with Crippen molar-refractivity contribution in [2.24, 2.45) is 5.10 Å². The van der Waals surface area contributed by atoms with Gasteiger partial charge < -0.3 is 4.84 Å². The number of nitrogens with zero attached hydrogens (tertiary/aromatic N) is 2. The molecule has 0 bridgehead atoms. The quantitative estimate of drug-likeness (QED) is 0.640. The molecule has 1 aliphatic rings. The molecule has 0 unspecified atom stereocenters. The Morgan fingerprint density at radius 3 is 2.56 bits per heavy atom. The standard InChI is InChI=1S/C9H8ClN3O4S/c10-9-5-6-11-13(12-9)17-7-1-3-8(4-2-7)18(14,15)16/h1-6,12H,(H,14,15,16). The second kappa shape index (κ2) is 4.84. The number of allylic oxidation sites excluding steroid dienone is 1. The maximum atomic E-state index is 10.8. The smallest absolute Gasteiger partial charge is 0.294 e. The van der Waals surface area contributed by atoms with Crippen LogP contribution in [0.4, 0.5) is 0 Å². The summed E-state index contributed by atoms with van der Waals surface area (Å²) in [7, 11) is -4.21. The van der Waals surface area contributed by atoms with Gasteiger partial charge in [0.1, 0.15) is 5.16 Å². The average Bonchev–Trinajstić information content (AvgIpc) is 2.28. The third-order valence-electron chi connectivity index (χ3n) is 1.91. The zero-order valence-corrected chi connectivity index (χ0v) is 10.4. The van der Waals surface area contributed by atoms with Crippen LogP contribution in [0.1, 0.15) is 0 Å². The van der Waals surface area contributed by atoms with Crippen molar-refractivity contribution in [3.63, 3.8) is 0 Å². The highest BCUT2D eigenvalue weighted by atomic mass is 35.5. The van der Waals surface area contributed by atoms with Gasteiger partial charge in [0.05, 0.1) is 11.1 Å². The molecule has 0 atom stereocenters. The van der Waals surface area contributed by atoms with Crippen molar-refractivity contribution >= 4 is 27.9 Å². The van der Waals surface area contributed by atoms with Gasteiger partial charge in [-0.05, 0) is 35.6 Å². The van der Waals surface area contributed by atoms with Gasteiger partial charge in [-0.25, -0.2) is 5.43 Å². The first-order valence-corrected chi connectivity index (χ1v) is 6.49. The van der Waals surface area contributed by atoms with Crippen LogP contribution in [0, 0.1) is 0 Å². The molecule has 0 saturated heterocycles. The minimum Gasteiger partial charge on any atom is -0.343 e. The first-order chi connectivity index (χ1) is 8.45. The Morgan fingerprint density at radius 2 is 2.00 bits per heavy atom. The summed E-state index contributed by atoms with van der Waals surface area (Å²) >= 11 is 5.69. The summed E-state index contributed by atoms with van der Waals surface area (Å²) in [4.78, 5) is 5.00. The lowest BCUT2D eigenvalue weighted by Crippen LogP contribution is -2.36. The molecule has 0 saturated carbocycles. The van der Waals surface area contributed by atoms with Gasteiger partial charge in [0.15, 0.2) is 5.75 Å². The van der Waals surface area contributed by atoms with Crippen LogP contribution in [0.15, 0.2) is 45.5 Å². The largest absolute Gasteiger partial charge is 0.343 e. The zero-order valence-electron chi connectivity index (χ0n) is 8.82. The highest BCUT2D eigenvalue weighted by molar-refractivity contribution is 7.85. The number of nitrogens with one attached hydrogen (secondary N) is 1. The van der Waals surface area contributed by atoms with Crippen LogP contribution in [-0.4, -0.2) is 24.5 Å². The van der Waals surface area contributed by atoms with Crippen molar-refractivity contribution in [2.75, 3.05) is 0 Å². The van der Waals surface area contributed by atoms with E-state index in [0.717, 1.165) is 5.28 Å². The Bertz CT molecular complexity index is 597. The monoisotopic (exact) mass is 289 g/mol. The van der Waals surface area contributed by atoms with Gasteiger partial charge in [0.2, 0.25) is 0 Å². The summed E-state index contributed by atoms with van der Waals surface area (Å²) in [5.74, 6) is 0.318. The van der Waals surface area contributed by atoms with Crippen LogP contribution in [0.25, 0.3) is 0 Å². The Hall–Kier alpha value is -1.77. The molecular formula is C9H8ClN3O4S. The lowest BCUT2D eigenvalue weighted by atomic mass is 10.3. The van der Waals surface area contributed by atoms with E-state index in [-0.39, 0.29) is 4.90 Å². The molecule has 0 amide bonds. The van der Waals surface area contributed by atoms with Crippen molar-refractivity contribution < 1.29 is 17.8 Å². The number of hydrazone groups is 1. The number of hydrazine groups is 1. The highest BCUT2D eigenvalue weighted by Crippen LogP contribution is 2.17. The van der Waals surface area contributed by atoms with Crippen molar-refractivity contribution in [2.45, 2.75) is 4.90 Å². The molecule has 0 spiro atoms. The van der Waals surface area contributed by atoms with Gasteiger partial charge in [-0.2, -0.15) is 8.42 Å². The van der Waals surface area contributed by atoms with Crippen LogP contribution in [0.2, 0.25) is 0 Å². The minimum absolute atomic E-state index is 0.220. The van der Waals surface area contributed by atoms with E-state index >= 15 is 0 Å². The summed E-state index contributed by atoms with van der Waals surface area (Å²) in [6.45, 7) is 0. The van der Waals surface area contributed by atoms with Crippen molar-refractivity contribution in [1.82, 2.24) is 10.7 Å². The van der Waals surface area contributed by atoms with Crippen LogP contribution in [0.5, 0.6) is 5.75 Å². The normalized spacial score (nSPS) is 15.0. The van der Waals surface area contributed by atoms with Gasteiger partial charge in [0.25, 0.3) is 10.1 Å². The molecule has 1 aromatic carbocycles. The topological polar surface area (TPSA) is 91.2 Å². The molecule has 0 aromatic heterocycles. The third-order valence-corrected chi connectivity index (χ3v) is 2.99. The first kappa shape index (κ1) is 12.7. The third kappa shape index (κ3) is 3.13. The Balaban J connectivity index is 2.08. The molecule has 1 heterocycles. The number of hydrogen-bond acceptors (Lipinski definition) is 6. The molecule has 96 valence electrons. The van der Waals surface area contributed by atoms with E-state index in [1.807, 2.05) is 0 Å². The van der Waals surface area contributed by atoms with Gasteiger partial charge in [-0.1, -0.05) is 11.6 Å². The lowest BCUT2D eigenvalue weighted by molar-refractivity contribution is -0.0933. The van der Waals surface area contributed by atoms with E-state index < -0.39 is 10.1 Å². The van der Waals surface area contributed by atoms with E-state index in [1.54, 1.807) is 0 Å². The second-order valence-electron chi connectivity index (χ2n) is 3.20. The summed E-state index contributed by atoms with van der Waals surface area (Å²) in [5.41, 5.74) is 2.58. The van der Waals surface area contributed by atoms with Gasteiger partial charge in [0, 0.05) is 0 Å². The zero-order chi connectivity index (χ0) is 13.2. The molecule has 18 heavy (non-hydrogen) atoms. The van der Waals surface area contributed by atoms with Crippen LogP contribution in [0.3, 0.4) is 0 Å². The van der Waals surface area contributed by atoms with E-state index in [2.05, 4.69) is 10.5 Å². The fraction of sp³-hybridized carbons (Fsp3) is 0. The fourth-order valence-electron chi connectivity index (χ4n) is 1.14. The molecule has 7 nitrogen and oxygen atoms in total. The maximum absolute atomic E-state index is 10.8. The number of benzene rings is 1. The van der Waals surface area contributed by atoms with Crippen molar-refractivity contribution in [3.05, 3.63) is 35.5 Å². The maximum Gasteiger partial charge on any atom is 0.294 e. The van der Waals surface area contributed by atoms with Crippen LogP contribution in [-0.2, 0) is 10.1 Å². The molecule has 1 aromatic rings. The molecular weight excluding hydrogens is 282 g/mol. The molecule has 0 fully saturated rings. The van der Waals surface area contributed by atoms with E-state index in [1.165, 1.54) is 36.6 Å². The van der Waals surface area contributed by atoms with Crippen molar-refractivity contribution in [3.8, 4) is 5.75 Å². The Morgan fingerprint density at radius 1 is 1.33 bits per heavy atom.